The van der Waals surface area contributed by atoms with Crippen LogP contribution in [0.15, 0.2) is 36.4 Å². The number of hydrogen-bond donors (Lipinski definition) is 1. The Kier molecular flexibility index (Phi) is 4.93. The van der Waals surface area contributed by atoms with E-state index in [9.17, 15) is 9.59 Å². The van der Waals surface area contributed by atoms with Crippen molar-refractivity contribution in [3.63, 3.8) is 0 Å². The molecule has 0 spiro atoms. The number of allylic oxidation sites excluding steroid dienone is 1. The van der Waals surface area contributed by atoms with Crippen LogP contribution in [0.1, 0.15) is 31.7 Å². The SMILES string of the molecule is CC/C=C/C(=O)NCc1ccc(N2CCCC2=O)cc1. The van der Waals surface area contributed by atoms with Gasteiger partial charge in [0.25, 0.3) is 0 Å². The average Bonchev–Trinajstić information content (AvgIpc) is 2.89. The molecule has 1 aliphatic heterocycles. The van der Waals surface area contributed by atoms with Gasteiger partial charge in [-0.1, -0.05) is 25.1 Å². The van der Waals surface area contributed by atoms with Crippen LogP contribution in [0.3, 0.4) is 0 Å². The van der Waals surface area contributed by atoms with E-state index in [-0.39, 0.29) is 11.8 Å². The van der Waals surface area contributed by atoms with Crippen LogP contribution in [0.25, 0.3) is 0 Å². The minimum absolute atomic E-state index is 0.0781. The molecule has 1 N–H and O–H groups in total. The van der Waals surface area contributed by atoms with E-state index < -0.39 is 0 Å². The van der Waals surface area contributed by atoms with Crippen LogP contribution in [-0.4, -0.2) is 18.4 Å². The quantitative estimate of drug-likeness (QED) is 0.837. The van der Waals surface area contributed by atoms with Crippen molar-refractivity contribution in [3.05, 3.63) is 42.0 Å². The number of hydrogen-bond acceptors (Lipinski definition) is 2. The molecule has 1 saturated heterocycles. The van der Waals surface area contributed by atoms with Crippen LogP contribution in [-0.2, 0) is 16.1 Å². The first kappa shape index (κ1) is 14.3. The van der Waals surface area contributed by atoms with Crippen molar-refractivity contribution in [1.82, 2.24) is 5.32 Å². The molecule has 20 heavy (non-hydrogen) atoms. The Labute approximate surface area is 119 Å². The van der Waals surface area contributed by atoms with E-state index in [4.69, 9.17) is 0 Å². The highest BCUT2D eigenvalue weighted by Crippen LogP contribution is 2.21. The summed E-state index contributed by atoms with van der Waals surface area (Å²) in [7, 11) is 0. The van der Waals surface area contributed by atoms with Crippen molar-refractivity contribution in [2.75, 3.05) is 11.4 Å². The molecule has 0 radical (unpaired) electrons. The van der Waals surface area contributed by atoms with Crippen molar-refractivity contribution in [3.8, 4) is 0 Å². The standard InChI is InChI=1S/C16H20N2O2/c1-2-3-5-15(19)17-12-13-7-9-14(10-8-13)18-11-4-6-16(18)20/h3,5,7-10H,2,4,6,11-12H2,1H3,(H,17,19)/b5-3+. The number of benzene rings is 1. The van der Waals surface area contributed by atoms with Gasteiger partial charge in [0, 0.05) is 25.2 Å². The summed E-state index contributed by atoms with van der Waals surface area (Å²) in [6, 6.07) is 7.77. The maximum absolute atomic E-state index is 11.6. The molecule has 1 aliphatic rings. The molecule has 0 unspecified atom stereocenters. The summed E-state index contributed by atoms with van der Waals surface area (Å²) in [4.78, 5) is 24.9. The Morgan fingerprint density at radius 1 is 1.35 bits per heavy atom. The zero-order valence-electron chi connectivity index (χ0n) is 11.8. The van der Waals surface area contributed by atoms with E-state index in [0.717, 1.165) is 30.6 Å². The molecule has 1 aromatic carbocycles. The zero-order chi connectivity index (χ0) is 14.4. The number of amides is 2. The number of carbonyl (C=O) groups excluding carboxylic acids is 2. The summed E-state index contributed by atoms with van der Waals surface area (Å²) in [5.74, 6) is 0.112. The topological polar surface area (TPSA) is 49.4 Å². The molecule has 0 saturated carbocycles. The molecule has 0 aliphatic carbocycles. The molecule has 2 amide bonds. The van der Waals surface area contributed by atoms with Gasteiger partial charge in [-0.05, 0) is 36.6 Å². The lowest BCUT2D eigenvalue weighted by molar-refractivity contribution is -0.117. The van der Waals surface area contributed by atoms with E-state index in [1.54, 1.807) is 6.08 Å². The first-order valence-corrected chi connectivity index (χ1v) is 7.04. The normalized spacial score (nSPS) is 15.1. The predicted octanol–water partition coefficient (Wildman–Crippen LogP) is 2.40. The lowest BCUT2D eigenvalue weighted by Crippen LogP contribution is -2.23. The molecule has 4 nitrogen and oxygen atoms in total. The van der Waals surface area contributed by atoms with Gasteiger partial charge in [0.1, 0.15) is 0 Å². The van der Waals surface area contributed by atoms with Crippen molar-refractivity contribution in [2.24, 2.45) is 0 Å². The second-order valence-corrected chi connectivity index (χ2v) is 4.84. The van der Waals surface area contributed by atoms with E-state index in [1.165, 1.54) is 0 Å². The molecular formula is C16H20N2O2. The number of nitrogens with one attached hydrogen (secondary N) is 1. The van der Waals surface area contributed by atoms with Crippen molar-refractivity contribution in [1.29, 1.82) is 0 Å². The van der Waals surface area contributed by atoms with Gasteiger partial charge in [0.15, 0.2) is 0 Å². The molecule has 1 fully saturated rings. The van der Waals surface area contributed by atoms with Gasteiger partial charge in [-0.2, -0.15) is 0 Å². The van der Waals surface area contributed by atoms with Gasteiger partial charge in [-0.15, -0.1) is 0 Å². The Hall–Kier alpha value is -2.10. The van der Waals surface area contributed by atoms with E-state index in [2.05, 4.69) is 5.32 Å². The lowest BCUT2D eigenvalue weighted by Gasteiger charge is -2.15. The molecule has 4 heteroatoms. The van der Waals surface area contributed by atoms with E-state index >= 15 is 0 Å². The smallest absolute Gasteiger partial charge is 0.243 e. The second kappa shape index (κ2) is 6.89. The summed E-state index contributed by atoms with van der Waals surface area (Å²) in [6.07, 6.45) is 5.81. The molecule has 2 rings (SSSR count). The van der Waals surface area contributed by atoms with Gasteiger partial charge >= 0.3 is 0 Å². The highest BCUT2D eigenvalue weighted by atomic mass is 16.2. The molecule has 0 aromatic heterocycles. The highest BCUT2D eigenvalue weighted by molar-refractivity contribution is 5.95. The number of carbonyl (C=O) groups is 2. The maximum Gasteiger partial charge on any atom is 0.243 e. The first-order valence-electron chi connectivity index (χ1n) is 7.04. The first-order chi connectivity index (χ1) is 9.70. The molecule has 0 atom stereocenters. The fraction of sp³-hybridized carbons (Fsp3) is 0.375. The van der Waals surface area contributed by atoms with E-state index in [1.807, 2.05) is 42.2 Å². The Morgan fingerprint density at radius 2 is 2.10 bits per heavy atom. The van der Waals surface area contributed by atoms with Gasteiger partial charge in [0.2, 0.25) is 11.8 Å². The van der Waals surface area contributed by atoms with Crippen molar-refractivity contribution >= 4 is 17.5 Å². The Morgan fingerprint density at radius 3 is 2.70 bits per heavy atom. The lowest BCUT2D eigenvalue weighted by atomic mass is 10.2. The third-order valence-electron chi connectivity index (χ3n) is 3.29. The van der Waals surface area contributed by atoms with Crippen LogP contribution in [0.5, 0.6) is 0 Å². The minimum atomic E-state index is -0.0781. The van der Waals surface area contributed by atoms with Gasteiger partial charge in [0.05, 0.1) is 0 Å². The average molecular weight is 272 g/mol. The van der Waals surface area contributed by atoms with E-state index in [0.29, 0.717) is 13.0 Å². The zero-order valence-corrected chi connectivity index (χ0v) is 11.8. The fourth-order valence-corrected chi connectivity index (χ4v) is 2.19. The molecule has 0 bridgehead atoms. The van der Waals surface area contributed by atoms with Crippen LogP contribution in [0, 0.1) is 0 Å². The molecule has 106 valence electrons. The number of anilines is 1. The third kappa shape index (κ3) is 3.70. The van der Waals surface area contributed by atoms with Crippen LogP contribution < -0.4 is 10.2 Å². The monoisotopic (exact) mass is 272 g/mol. The number of rotatable bonds is 5. The molecule has 1 aromatic rings. The summed E-state index contributed by atoms with van der Waals surface area (Å²) >= 11 is 0. The fourth-order valence-electron chi connectivity index (χ4n) is 2.19. The van der Waals surface area contributed by atoms with Gasteiger partial charge < -0.3 is 10.2 Å². The maximum atomic E-state index is 11.6. The largest absolute Gasteiger partial charge is 0.348 e. The van der Waals surface area contributed by atoms with Crippen LogP contribution in [0.4, 0.5) is 5.69 Å². The van der Waals surface area contributed by atoms with Gasteiger partial charge in [-0.3, -0.25) is 9.59 Å². The van der Waals surface area contributed by atoms with Crippen LogP contribution in [0.2, 0.25) is 0 Å². The van der Waals surface area contributed by atoms with Crippen molar-refractivity contribution < 1.29 is 9.59 Å². The summed E-state index contributed by atoms with van der Waals surface area (Å²) < 4.78 is 0. The van der Waals surface area contributed by atoms with Crippen molar-refractivity contribution in [2.45, 2.75) is 32.7 Å². The second-order valence-electron chi connectivity index (χ2n) is 4.84. The summed E-state index contributed by atoms with van der Waals surface area (Å²) in [5.41, 5.74) is 1.96. The summed E-state index contributed by atoms with van der Waals surface area (Å²) in [5, 5.41) is 2.83. The molecule has 1 heterocycles. The number of nitrogens with zero attached hydrogens (tertiary/aromatic N) is 1. The highest BCUT2D eigenvalue weighted by Gasteiger charge is 2.21. The van der Waals surface area contributed by atoms with Gasteiger partial charge in [-0.25, -0.2) is 0 Å². The third-order valence-corrected chi connectivity index (χ3v) is 3.29. The minimum Gasteiger partial charge on any atom is -0.348 e. The Balaban J connectivity index is 1.90. The Bertz CT molecular complexity index is 506. The molecular weight excluding hydrogens is 252 g/mol. The predicted molar refractivity (Wildman–Crippen MR) is 79.3 cm³/mol. The summed E-state index contributed by atoms with van der Waals surface area (Å²) in [6.45, 7) is 3.29. The van der Waals surface area contributed by atoms with Crippen LogP contribution >= 0.6 is 0 Å².